The van der Waals surface area contributed by atoms with Crippen molar-refractivity contribution in [1.82, 2.24) is 15.5 Å². The number of halogens is 1. The summed E-state index contributed by atoms with van der Waals surface area (Å²) in [6.07, 6.45) is 1.53. The van der Waals surface area contributed by atoms with Gasteiger partial charge in [0.05, 0.1) is 12.0 Å². The lowest BCUT2D eigenvalue weighted by Crippen LogP contribution is -2.47. The Balaban J connectivity index is 0.00000243. The van der Waals surface area contributed by atoms with Crippen LogP contribution in [-0.4, -0.2) is 42.9 Å². The number of ether oxygens (including phenoxy) is 1. The molecule has 1 fully saturated rings. The van der Waals surface area contributed by atoms with Gasteiger partial charge < -0.3 is 10.1 Å². The number of methoxy groups -OCH3 is 1. The topological polar surface area (TPSA) is 76.1 Å². The van der Waals surface area contributed by atoms with Gasteiger partial charge in [-0.15, -0.1) is 22.6 Å². The van der Waals surface area contributed by atoms with Crippen LogP contribution in [0.15, 0.2) is 34.7 Å². The SMILES string of the molecule is COCC1(C(=O)Nc2nnc(SCc3ccccc3)s2)CCNCC1.Cl. The number of amides is 1. The van der Waals surface area contributed by atoms with E-state index in [2.05, 4.69) is 33.0 Å². The molecule has 1 aromatic carbocycles. The van der Waals surface area contributed by atoms with Gasteiger partial charge in [0, 0.05) is 12.9 Å². The second kappa shape index (κ2) is 10.2. The van der Waals surface area contributed by atoms with Gasteiger partial charge in [-0.05, 0) is 31.5 Å². The van der Waals surface area contributed by atoms with E-state index in [0.29, 0.717) is 11.7 Å². The maximum absolute atomic E-state index is 12.8. The second-order valence-corrected chi connectivity index (χ2v) is 8.26. The molecule has 1 saturated heterocycles. The summed E-state index contributed by atoms with van der Waals surface area (Å²) in [6.45, 7) is 2.07. The fraction of sp³-hybridized carbons (Fsp3) is 0.471. The lowest BCUT2D eigenvalue weighted by molar-refractivity contribution is -0.130. The Morgan fingerprint density at radius 2 is 2.04 bits per heavy atom. The molecule has 0 unspecified atom stereocenters. The van der Waals surface area contributed by atoms with Crippen LogP contribution in [-0.2, 0) is 15.3 Å². The van der Waals surface area contributed by atoms with E-state index in [4.69, 9.17) is 4.74 Å². The molecule has 0 aliphatic carbocycles. The Kier molecular flexibility index (Phi) is 8.30. The van der Waals surface area contributed by atoms with Crippen LogP contribution in [0.5, 0.6) is 0 Å². The Bertz CT molecular complexity index is 688. The molecule has 9 heteroatoms. The molecule has 26 heavy (non-hydrogen) atoms. The van der Waals surface area contributed by atoms with Crippen molar-refractivity contribution in [2.24, 2.45) is 5.41 Å². The minimum absolute atomic E-state index is 0. The number of nitrogens with one attached hydrogen (secondary N) is 2. The Morgan fingerprint density at radius 3 is 2.73 bits per heavy atom. The van der Waals surface area contributed by atoms with Crippen molar-refractivity contribution in [3.63, 3.8) is 0 Å². The van der Waals surface area contributed by atoms with Gasteiger partial charge in [0.1, 0.15) is 0 Å². The zero-order chi connectivity index (χ0) is 17.5. The standard InChI is InChI=1S/C17H22N4O2S2.ClH/c1-23-12-17(7-9-18-10-8-17)14(22)19-15-20-21-16(25-15)24-11-13-5-3-2-4-6-13;/h2-6,18H,7-12H2,1H3,(H,19,20,22);1H. The molecule has 0 radical (unpaired) electrons. The van der Waals surface area contributed by atoms with Crippen LogP contribution in [0, 0.1) is 5.41 Å². The van der Waals surface area contributed by atoms with Crippen molar-refractivity contribution in [2.45, 2.75) is 22.9 Å². The molecule has 3 rings (SSSR count). The zero-order valence-electron chi connectivity index (χ0n) is 14.6. The summed E-state index contributed by atoms with van der Waals surface area (Å²) in [5.41, 5.74) is 0.755. The summed E-state index contributed by atoms with van der Waals surface area (Å²) >= 11 is 3.04. The summed E-state index contributed by atoms with van der Waals surface area (Å²) in [6, 6.07) is 10.2. The number of hydrogen-bond donors (Lipinski definition) is 2. The third kappa shape index (κ3) is 5.40. The fourth-order valence-electron chi connectivity index (χ4n) is 2.89. The number of carbonyl (C=O) groups is 1. The highest BCUT2D eigenvalue weighted by Gasteiger charge is 2.40. The average Bonchev–Trinajstić information content (AvgIpc) is 3.09. The molecule has 0 atom stereocenters. The minimum atomic E-state index is -0.483. The average molecular weight is 415 g/mol. The largest absolute Gasteiger partial charge is 0.384 e. The lowest BCUT2D eigenvalue weighted by atomic mass is 9.79. The van der Waals surface area contributed by atoms with Gasteiger partial charge in [-0.2, -0.15) is 0 Å². The number of piperidine rings is 1. The molecular weight excluding hydrogens is 392 g/mol. The summed E-state index contributed by atoms with van der Waals surface area (Å²) in [7, 11) is 1.64. The number of aromatic nitrogens is 2. The van der Waals surface area contributed by atoms with E-state index in [0.717, 1.165) is 36.0 Å². The molecule has 0 saturated carbocycles. The van der Waals surface area contributed by atoms with Gasteiger partial charge in [0.15, 0.2) is 4.34 Å². The van der Waals surface area contributed by atoms with E-state index in [1.54, 1.807) is 18.9 Å². The van der Waals surface area contributed by atoms with Gasteiger partial charge in [0.2, 0.25) is 11.0 Å². The van der Waals surface area contributed by atoms with Gasteiger partial charge in [-0.25, -0.2) is 0 Å². The van der Waals surface area contributed by atoms with Crippen LogP contribution in [0.3, 0.4) is 0 Å². The van der Waals surface area contributed by atoms with Crippen LogP contribution in [0.25, 0.3) is 0 Å². The summed E-state index contributed by atoms with van der Waals surface area (Å²) in [4.78, 5) is 12.8. The first-order chi connectivity index (χ1) is 12.2. The number of rotatable bonds is 7. The van der Waals surface area contributed by atoms with E-state index < -0.39 is 5.41 Å². The van der Waals surface area contributed by atoms with Gasteiger partial charge in [-0.3, -0.25) is 10.1 Å². The summed E-state index contributed by atoms with van der Waals surface area (Å²) in [5.74, 6) is 0.814. The summed E-state index contributed by atoms with van der Waals surface area (Å²) < 4.78 is 6.16. The molecule has 2 aromatic rings. The molecule has 142 valence electrons. The molecule has 0 bridgehead atoms. The Hall–Kier alpha value is -1.19. The third-order valence-electron chi connectivity index (χ3n) is 4.30. The molecule has 1 aromatic heterocycles. The smallest absolute Gasteiger partial charge is 0.234 e. The maximum Gasteiger partial charge on any atom is 0.234 e. The first kappa shape index (κ1) is 21.1. The van der Waals surface area contributed by atoms with E-state index >= 15 is 0 Å². The predicted octanol–water partition coefficient (Wildman–Crippen LogP) is 3.21. The maximum atomic E-state index is 12.8. The van der Waals surface area contributed by atoms with Crippen molar-refractivity contribution >= 4 is 46.5 Å². The molecular formula is C17H23ClN4O2S2. The molecule has 1 amide bonds. The fourth-order valence-corrected chi connectivity index (χ4v) is 4.59. The van der Waals surface area contributed by atoms with Crippen LogP contribution in [0.1, 0.15) is 18.4 Å². The number of anilines is 1. The number of hydrogen-bond acceptors (Lipinski definition) is 7. The van der Waals surface area contributed by atoms with Gasteiger partial charge >= 0.3 is 0 Å². The van der Waals surface area contributed by atoms with E-state index in [1.807, 2.05) is 18.2 Å². The minimum Gasteiger partial charge on any atom is -0.384 e. The van der Waals surface area contributed by atoms with Crippen molar-refractivity contribution in [3.05, 3.63) is 35.9 Å². The highest BCUT2D eigenvalue weighted by molar-refractivity contribution is 8.00. The van der Waals surface area contributed by atoms with Crippen molar-refractivity contribution in [1.29, 1.82) is 0 Å². The first-order valence-corrected chi connectivity index (χ1v) is 10.0. The second-order valence-electron chi connectivity index (χ2n) is 6.06. The predicted molar refractivity (Wildman–Crippen MR) is 108 cm³/mol. The Labute approximate surface area is 167 Å². The molecule has 2 N–H and O–H groups in total. The van der Waals surface area contributed by atoms with Crippen LogP contribution in [0.2, 0.25) is 0 Å². The zero-order valence-corrected chi connectivity index (χ0v) is 17.0. The molecule has 6 nitrogen and oxygen atoms in total. The van der Waals surface area contributed by atoms with Crippen LogP contribution >= 0.6 is 35.5 Å². The van der Waals surface area contributed by atoms with Gasteiger partial charge in [-0.1, -0.05) is 53.4 Å². The van der Waals surface area contributed by atoms with E-state index in [-0.39, 0.29) is 18.3 Å². The van der Waals surface area contributed by atoms with Crippen molar-refractivity contribution < 1.29 is 9.53 Å². The number of thioether (sulfide) groups is 1. The monoisotopic (exact) mass is 414 g/mol. The summed E-state index contributed by atoms with van der Waals surface area (Å²) in [5, 5.41) is 15.1. The quantitative estimate of drug-likeness (QED) is 0.535. The van der Waals surface area contributed by atoms with E-state index in [1.165, 1.54) is 16.9 Å². The van der Waals surface area contributed by atoms with Crippen molar-refractivity contribution in [2.75, 3.05) is 32.1 Å². The molecule has 0 spiro atoms. The van der Waals surface area contributed by atoms with Crippen LogP contribution in [0.4, 0.5) is 5.13 Å². The molecule has 1 aliphatic rings. The van der Waals surface area contributed by atoms with E-state index in [9.17, 15) is 4.79 Å². The number of nitrogens with zero attached hydrogens (tertiary/aromatic N) is 2. The van der Waals surface area contributed by atoms with Gasteiger partial charge in [0.25, 0.3) is 0 Å². The van der Waals surface area contributed by atoms with Crippen LogP contribution < -0.4 is 10.6 Å². The highest BCUT2D eigenvalue weighted by Crippen LogP contribution is 2.33. The Morgan fingerprint density at radius 1 is 1.31 bits per heavy atom. The molecule has 2 heterocycles. The lowest BCUT2D eigenvalue weighted by Gasteiger charge is -2.35. The molecule has 1 aliphatic heterocycles. The van der Waals surface area contributed by atoms with Crippen molar-refractivity contribution in [3.8, 4) is 0 Å². The number of benzene rings is 1. The number of carbonyl (C=O) groups excluding carboxylic acids is 1. The highest BCUT2D eigenvalue weighted by atomic mass is 35.5. The third-order valence-corrected chi connectivity index (χ3v) is 6.34. The first-order valence-electron chi connectivity index (χ1n) is 8.23. The normalized spacial score (nSPS) is 15.9.